The molecular formula is C13H17BrClFN2O. The summed E-state index contributed by atoms with van der Waals surface area (Å²) in [6.45, 7) is 2.02. The van der Waals surface area contributed by atoms with Crippen molar-refractivity contribution in [3.8, 4) is 0 Å². The quantitative estimate of drug-likeness (QED) is 0.873. The molecule has 1 aromatic rings. The van der Waals surface area contributed by atoms with E-state index in [0.717, 1.165) is 25.9 Å². The van der Waals surface area contributed by atoms with E-state index in [0.29, 0.717) is 16.8 Å². The summed E-state index contributed by atoms with van der Waals surface area (Å²) < 4.78 is 14.2. The molecule has 1 aromatic carbocycles. The fourth-order valence-electron chi connectivity index (χ4n) is 2.10. The molecule has 106 valence electrons. The Morgan fingerprint density at radius 2 is 2.32 bits per heavy atom. The highest BCUT2D eigenvalue weighted by molar-refractivity contribution is 9.10. The molecule has 0 bridgehead atoms. The van der Waals surface area contributed by atoms with Crippen LogP contribution in [0, 0.1) is 11.7 Å². The van der Waals surface area contributed by atoms with Crippen LogP contribution in [0.15, 0.2) is 22.7 Å². The Bertz CT molecular complexity index is 439. The minimum Gasteiger partial charge on any atom is -0.324 e. The summed E-state index contributed by atoms with van der Waals surface area (Å²) in [6.07, 6.45) is 2.43. The molecule has 1 aliphatic rings. The highest BCUT2D eigenvalue weighted by Gasteiger charge is 2.16. The van der Waals surface area contributed by atoms with Gasteiger partial charge in [0, 0.05) is 10.9 Å². The summed E-state index contributed by atoms with van der Waals surface area (Å²) in [4.78, 5) is 11.7. The number of hydrogen-bond acceptors (Lipinski definition) is 2. The number of nitrogens with one attached hydrogen (secondary N) is 2. The number of carbonyl (C=O) groups is 1. The predicted octanol–water partition coefficient (Wildman–Crippen LogP) is 3.34. The van der Waals surface area contributed by atoms with Gasteiger partial charge in [-0.3, -0.25) is 4.79 Å². The zero-order valence-corrected chi connectivity index (χ0v) is 12.8. The summed E-state index contributed by atoms with van der Waals surface area (Å²) in [5, 5.41) is 5.87. The van der Waals surface area contributed by atoms with Crippen LogP contribution in [-0.2, 0) is 4.79 Å². The fraction of sp³-hybridized carbons (Fsp3) is 0.462. The Labute approximate surface area is 126 Å². The lowest BCUT2D eigenvalue weighted by Gasteiger charge is -2.09. The van der Waals surface area contributed by atoms with E-state index >= 15 is 0 Å². The standard InChI is InChI=1S/C13H16BrFN2O.ClH/c14-10-2-3-12(11(15)7-10)17-13(18)4-1-9-5-6-16-8-9;/h2-3,7,9,16H,1,4-6,8H2,(H,17,18);1H. The van der Waals surface area contributed by atoms with Crippen molar-refractivity contribution in [1.82, 2.24) is 5.32 Å². The minimum absolute atomic E-state index is 0. The number of anilines is 1. The Kier molecular flexibility index (Phi) is 6.75. The van der Waals surface area contributed by atoms with Crippen molar-refractivity contribution >= 4 is 39.9 Å². The summed E-state index contributed by atoms with van der Waals surface area (Å²) in [6, 6.07) is 4.62. The molecule has 1 heterocycles. The van der Waals surface area contributed by atoms with Crippen LogP contribution in [0.4, 0.5) is 10.1 Å². The Morgan fingerprint density at radius 1 is 1.53 bits per heavy atom. The van der Waals surface area contributed by atoms with Crippen molar-refractivity contribution in [2.75, 3.05) is 18.4 Å². The normalized spacial score (nSPS) is 17.9. The van der Waals surface area contributed by atoms with Gasteiger partial charge in [-0.05, 0) is 50.0 Å². The molecule has 0 saturated carbocycles. The fourth-order valence-corrected chi connectivity index (χ4v) is 2.43. The first kappa shape index (κ1) is 16.4. The average molecular weight is 352 g/mol. The molecule has 3 nitrogen and oxygen atoms in total. The number of carbonyl (C=O) groups excluding carboxylic acids is 1. The average Bonchev–Trinajstić information content (AvgIpc) is 2.83. The van der Waals surface area contributed by atoms with E-state index < -0.39 is 5.82 Å². The second-order valence-electron chi connectivity index (χ2n) is 4.57. The predicted molar refractivity (Wildman–Crippen MR) is 80.2 cm³/mol. The molecule has 2 rings (SSSR count). The minimum atomic E-state index is -0.416. The van der Waals surface area contributed by atoms with E-state index in [4.69, 9.17) is 0 Å². The van der Waals surface area contributed by atoms with Crippen LogP contribution in [0.5, 0.6) is 0 Å². The van der Waals surface area contributed by atoms with Crippen molar-refractivity contribution in [2.24, 2.45) is 5.92 Å². The van der Waals surface area contributed by atoms with Gasteiger partial charge < -0.3 is 10.6 Å². The number of amides is 1. The molecule has 6 heteroatoms. The smallest absolute Gasteiger partial charge is 0.224 e. The first-order valence-electron chi connectivity index (χ1n) is 6.11. The molecule has 1 aliphatic heterocycles. The van der Waals surface area contributed by atoms with Gasteiger partial charge in [0.25, 0.3) is 0 Å². The number of rotatable bonds is 4. The molecule has 1 saturated heterocycles. The molecule has 1 atom stereocenters. The van der Waals surface area contributed by atoms with Gasteiger partial charge in [-0.2, -0.15) is 0 Å². The van der Waals surface area contributed by atoms with E-state index in [1.165, 1.54) is 6.07 Å². The highest BCUT2D eigenvalue weighted by Crippen LogP contribution is 2.20. The van der Waals surface area contributed by atoms with Gasteiger partial charge >= 0.3 is 0 Å². The molecule has 1 amide bonds. The molecule has 0 aromatic heterocycles. The molecule has 0 spiro atoms. The molecule has 0 radical (unpaired) electrons. The Morgan fingerprint density at radius 3 is 2.95 bits per heavy atom. The van der Waals surface area contributed by atoms with Crippen LogP contribution in [0.3, 0.4) is 0 Å². The van der Waals surface area contributed by atoms with Crippen molar-refractivity contribution in [1.29, 1.82) is 0 Å². The molecule has 1 fully saturated rings. The van der Waals surface area contributed by atoms with E-state index in [1.807, 2.05) is 0 Å². The Hall–Kier alpha value is -0.650. The lowest BCUT2D eigenvalue weighted by atomic mass is 10.0. The summed E-state index contributed by atoms with van der Waals surface area (Å²) in [5.41, 5.74) is 0.243. The van der Waals surface area contributed by atoms with Crippen LogP contribution in [0.25, 0.3) is 0 Å². The number of benzene rings is 1. The number of halogens is 3. The van der Waals surface area contributed by atoms with E-state index in [9.17, 15) is 9.18 Å². The maximum Gasteiger partial charge on any atom is 0.224 e. The van der Waals surface area contributed by atoms with E-state index in [-0.39, 0.29) is 24.0 Å². The van der Waals surface area contributed by atoms with Crippen LogP contribution in [-0.4, -0.2) is 19.0 Å². The molecule has 1 unspecified atom stereocenters. The van der Waals surface area contributed by atoms with Crippen LogP contribution >= 0.6 is 28.3 Å². The van der Waals surface area contributed by atoms with Gasteiger partial charge in [0.05, 0.1) is 5.69 Å². The maximum atomic E-state index is 13.5. The van der Waals surface area contributed by atoms with Gasteiger partial charge in [-0.25, -0.2) is 4.39 Å². The zero-order chi connectivity index (χ0) is 13.0. The van der Waals surface area contributed by atoms with Crippen LogP contribution in [0.1, 0.15) is 19.3 Å². The first-order valence-corrected chi connectivity index (χ1v) is 6.90. The van der Waals surface area contributed by atoms with Gasteiger partial charge in [0.2, 0.25) is 5.91 Å². The summed E-state index contributed by atoms with van der Waals surface area (Å²) >= 11 is 3.18. The molecule has 19 heavy (non-hydrogen) atoms. The van der Waals surface area contributed by atoms with Crippen LogP contribution < -0.4 is 10.6 Å². The number of hydrogen-bond donors (Lipinski definition) is 2. The largest absolute Gasteiger partial charge is 0.324 e. The van der Waals surface area contributed by atoms with Gasteiger partial charge in [-0.15, -0.1) is 12.4 Å². The second kappa shape index (κ2) is 7.82. The van der Waals surface area contributed by atoms with Crippen LogP contribution in [0.2, 0.25) is 0 Å². The van der Waals surface area contributed by atoms with Crippen molar-refractivity contribution in [3.63, 3.8) is 0 Å². The zero-order valence-electron chi connectivity index (χ0n) is 10.4. The lowest BCUT2D eigenvalue weighted by Crippen LogP contribution is -2.15. The third-order valence-corrected chi connectivity index (χ3v) is 3.64. The van der Waals surface area contributed by atoms with Gasteiger partial charge in [-0.1, -0.05) is 15.9 Å². The van der Waals surface area contributed by atoms with E-state index in [2.05, 4.69) is 26.6 Å². The topological polar surface area (TPSA) is 41.1 Å². The lowest BCUT2D eigenvalue weighted by molar-refractivity contribution is -0.116. The third kappa shape index (κ3) is 5.09. The highest BCUT2D eigenvalue weighted by atomic mass is 79.9. The Balaban J connectivity index is 0.00000180. The van der Waals surface area contributed by atoms with Crippen molar-refractivity contribution < 1.29 is 9.18 Å². The van der Waals surface area contributed by atoms with E-state index in [1.54, 1.807) is 12.1 Å². The van der Waals surface area contributed by atoms with Crippen molar-refractivity contribution in [3.05, 3.63) is 28.5 Å². The first-order chi connectivity index (χ1) is 8.65. The molecule has 0 aliphatic carbocycles. The summed E-state index contributed by atoms with van der Waals surface area (Å²) in [5.74, 6) is 0.0360. The van der Waals surface area contributed by atoms with Crippen molar-refractivity contribution in [2.45, 2.75) is 19.3 Å². The summed E-state index contributed by atoms with van der Waals surface area (Å²) in [7, 11) is 0. The molecular weight excluding hydrogens is 335 g/mol. The second-order valence-corrected chi connectivity index (χ2v) is 5.49. The van der Waals surface area contributed by atoms with Gasteiger partial charge in [0.15, 0.2) is 0 Å². The SMILES string of the molecule is Cl.O=C(CCC1CCNC1)Nc1ccc(Br)cc1F. The monoisotopic (exact) mass is 350 g/mol. The maximum absolute atomic E-state index is 13.5. The molecule has 2 N–H and O–H groups in total. The third-order valence-electron chi connectivity index (χ3n) is 3.15. The van der Waals surface area contributed by atoms with Gasteiger partial charge in [0.1, 0.15) is 5.82 Å².